The van der Waals surface area contributed by atoms with Crippen LogP contribution in [0.25, 0.3) is 0 Å². The second kappa shape index (κ2) is 8.02. The Hall–Kier alpha value is -2.01. The van der Waals surface area contributed by atoms with Gasteiger partial charge in [-0.25, -0.2) is 8.42 Å². The molecule has 0 heterocycles. The predicted octanol–water partition coefficient (Wildman–Crippen LogP) is 4.26. The third-order valence-electron chi connectivity index (χ3n) is 3.64. The van der Waals surface area contributed by atoms with Crippen LogP contribution in [0, 0.1) is 0 Å². The summed E-state index contributed by atoms with van der Waals surface area (Å²) in [6.45, 7) is 5.11. The van der Waals surface area contributed by atoms with E-state index in [-0.39, 0.29) is 4.90 Å². The van der Waals surface area contributed by atoms with E-state index in [0.29, 0.717) is 5.69 Å². The molecule has 0 aromatic heterocycles. The number of benzene rings is 2. The number of unbranched alkanes of at least 4 members (excludes halogenated alkanes) is 1. The molecule has 0 amide bonds. The molecule has 0 fully saturated rings. The standard InChI is InChI=1S/C18H24N2O2S/c1-3-5-14-19-16-8-10-17(11-9-16)20-23(21,22)18-12-6-15(4-2)7-13-18/h6-13,19-20H,3-5,14H2,1-2H3. The van der Waals surface area contributed by atoms with Crippen molar-refractivity contribution in [2.24, 2.45) is 0 Å². The Morgan fingerprint density at radius 1 is 0.870 bits per heavy atom. The Morgan fingerprint density at radius 2 is 1.48 bits per heavy atom. The van der Waals surface area contributed by atoms with Crippen LogP contribution in [0.2, 0.25) is 0 Å². The van der Waals surface area contributed by atoms with Crippen molar-refractivity contribution in [3.63, 3.8) is 0 Å². The van der Waals surface area contributed by atoms with Crippen LogP contribution in [-0.2, 0) is 16.4 Å². The minimum absolute atomic E-state index is 0.278. The van der Waals surface area contributed by atoms with Crippen LogP contribution in [0.5, 0.6) is 0 Å². The van der Waals surface area contributed by atoms with Crippen LogP contribution in [-0.4, -0.2) is 15.0 Å². The quantitative estimate of drug-likeness (QED) is 0.710. The molecular formula is C18H24N2O2S. The molecule has 4 nitrogen and oxygen atoms in total. The van der Waals surface area contributed by atoms with Crippen molar-refractivity contribution in [1.29, 1.82) is 0 Å². The Bertz CT molecular complexity index is 708. The second-order valence-electron chi connectivity index (χ2n) is 5.46. The van der Waals surface area contributed by atoms with Crippen molar-refractivity contribution in [3.8, 4) is 0 Å². The van der Waals surface area contributed by atoms with Crippen LogP contribution >= 0.6 is 0 Å². The van der Waals surface area contributed by atoms with Crippen molar-refractivity contribution in [3.05, 3.63) is 54.1 Å². The third-order valence-corrected chi connectivity index (χ3v) is 5.04. The lowest BCUT2D eigenvalue weighted by atomic mass is 10.2. The summed E-state index contributed by atoms with van der Waals surface area (Å²) >= 11 is 0. The molecule has 2 aromatic rings. The lowest BCUT2D eigenvalue weighted by molar-refractivity contribution is 0.601. The molecule has 5 heteroatoms. The summed E-state index contributed by atoms with van der Waals surface area (Å²) in [5.41, 5.74) is 2.67. The van der Waals surface area contributed by atoms with Gasteiger partial charge < -0.3 is 5.32 Å². The molecule has 2 N–H and O–H groups in total. The maximum Gasteiger partial charge on any atom is 0.261 e. The first-order valence-corrected chi connectivity index (χ1v) is 9.49. The van der Waals surface area contributed by atoms with Crippen LogP contribution in [0.3, 0.4) is 0 Å². The highest BCUT2D eigenvalue weighted by Gasteiger charge is 2.13. The fourth-order valence-electron chi connectivity index (χ4n) is 2.18. The Balaban J connectivity index is 2.04. The molecule has 0 unspecified atom stereocenters. The highest BCUT2D eigenvalue weighted by atomic mass is 32.2. The van der Waals surface area contributed by atoms with E-state index in [4.69, 9.17) is 0 Å². The Morgan fingerprint density at radius 3 is 2.04 bits per heavy atom. The molecule has 124 valence electrons. The molecule has 0 saturated heterocycles. The van der Waals surface area contributed by atoms with Gasteiger partial charge in [-0.2, -0.15) is 0 Å². The molecule has 2 aromatic carbocycles. The van der Waals surface area contributed by atoms with E-state index in [0.717, 1.165) is 37.1 Å². The van der Waals surface area contributed by atoms with Gasteiger partial charge in [0.05, 0.1) is 4.90 Å². The van der Waals surface area contributed by atoms with Gasteiger partial charge in [0.1, 0.15) is 0 Å². The first-order chi connectivity index (χ1) is 11.0. The van der Waals surface area contributed by atoms with E-state index in [9.17, 15) is 8.42 Å². The fourth-order valence-corrected chi connectivity index (χ4v) is 3.24. The summed E-state index contributed by atoms with van der Waals surface area (Å²) in [5.74, 6) is 0. The van der Waals surface area contributed by atoms with Crippen molar-refractivity contribution in [2.75, 3.05) is 16.6 Å². The summed E-state index contributed by atoms with van der Waals surface area (Å²) in [6.07, 6.45) is 3.14. The zero-order valence-corrected chi connectivity index (χ0v) is 14.5. The zero-order chi connectivity index (χ0) is 16.7. The summed E-state index contributed by atoms with van der Waals surface area (Å²) in [6, 6.07) is 14.3. The van der Waals surface area contributed by atoms with E-state index in [1.54, 1.807) is 24.3 Å². The number of anilines is 2. The normalized spacial score (nSPS) is 11.2. The van der Waals surface area contributed by atoms with Gasteiger partial charge in [0, 0.05) is 17.9 Å². The molecule has 0 spiro atoms. The average Bonchev–Trinajstić information content (AvgIpc) is 2.56. The van der Waals surface area contributed by atoms with Crippen molar-refractivity contribution < 1.29 is 8.42 Å². The maximum absolute atomic E-state index is 12.4. The van der Waals surface area contributed by atoms with E-state index < -0.39 is 10.0 Å². The SMILES string of the molecule is CCCCNc1ccc(NS(=O)(=O)c2ccc(CC)cc2)cc1. The molecule has 0 bridgehead atoms. The first kappa shape index (κ1) is 17.3. The Labute approximate surface area is 139 Å². The largest absolute Gasteiger partial charge is 0.385 e. The predicted molar refractivity (Wildman–Crippen MR) is 96.5 cm³/mol. The molecule has 0 aliphatic heterocycles. The molecule has 2 rings (SSSR count). The van der Waals surface area contributed by atoms with Gasteiger partial charge in [0.15, 0.2) is 0 Å². The van der Waals surface area contributed by atoms with Crippen LogP contribution in [0.15, 0.2) is 53.4 Å². The van der Waals surface area contributed by atoms with Crippen molar-refractivity contribution in [1.82, 2.24) is 0 Å². The van der Waals surface area contributed by atoms with E-state index in [1.807, 2.05) is 31.2 Å². The van der Waals surface area contributed by atoms with Crippen LogP contribution < -0.4 is 10.0 Å². The second-order valence-corrected chi connectivity index (χ2v) is 7.14. The van der Waals surface area contributed by atoms with Gasteiger partial charge >= 0.3 is 0 Å². The number of hydrogen-bond acceptors (Lipinski definition) is 3. The van der Waals surface area contributed by atoms with Crippen LogP contribution in [0.4, 0.5) is 11.4 Å². The smallest absolute Gasteiger partial charge is 0.261 e. The fraction of sp³-hybridized carbons (Fsp3) is 0.333. The van der Waals surface area contributed by atoms with Gasteiger partial charge in [-0.1, -0.05) is 32.4 Å². The average molecular weight is 332 g/mol. The number of hydrogen-bond donors (Lipinski definition) is 2. The highest BCUT2D eigenvalue weighted by Crippen LogP contribution is 2.19. The highest BCUT2D eigenvalue weighted by molar-refractivity contribution is 7.92. The van der Waals surface area contributed by atoms with Gasteiger partial charge in [-0.15, -0.1) is 0 Å². The monoisotopic (exact) mass is 332 g/mol. The summed E-state index contributed by atoms with van der Waals surface area (Å²) in [5, 5.41) is 3.30. The molecule has 0 atom stereocenters. The Kier molecular flexibility index (Phi) is 6.04. The topological polar surface area (TPSA) is 58.2 Å². The lowest BCUT2D eigenvalue weighted by Crippen LogP contribution is -2.13. The molecule has 0 aliphatic carbocycles. The first-order valence-electron chi connectivity index (χ1n) is 8.01. The summed E-state index contributed by atoms with van der Waals surface area (Å²) in [7, 11) is -3.54. The minimum atomic E-state index is -3.54. The minimum Gasteiger partial charge on any atom is -0.385 e. The van der Waals surface area contributed by atoms with Crippen molar-refractivity contribution in [2.45, 2.75) is 38.0 Å². The zero-order valence-electron chi connectivity index (χ0n) is 13.7. The number of sulfonamides is 1. The maximum atomic E-state index is 12.4. The number of nitrogens with one attached hydrogen (secondary N) is 2. The van der Waals surface area contributed by atoms with Crippen molar-refractivity contribution >= 4 is 21.4 Å². The van der Waals surface area contributed by atoms with Gasteiger partial charge in [0.2, 0.25) is 0 Å². The number of aryl methyl sites for hydroxylation is 1. The molecular weight excluding hydrogens is 308 g/mol. The van der Waals surface area contributed by atoms with E-state index >= 15 is 0 Å². The van der Waals surface area contributed by atoms with E-state index in [2.05, 4.69) is 17.0 Å². The van der Waals surface area contributed by atoms with Gasteiger partial charge in [0.25, 0.3) is 10.0 Å². The number of rotatable bonds is 8. The van der Waals surface area contributed by atoms with Gasteiger partial charge in [-0.3, -0.25) is 4.72 Å². The summed E-state index contributed by atoms with van der Waals surface area (Å²) in [4.78, 5) is 0.278. The van der Waals surface area contributed by atoms with E-state index in [1.165, 1.54) is 0 Å². The summed E-state index contributed by atoms with van der Waals surface area (Å²) < 4.78 is 27.4. The lowest BCUT2D eigenvalue weighted by Gasteiger charge is -2.10. The van der Waals surface area contributed by atoms with Crippen LogP contribution in [0.1, 0.15) is 32.3 Å². The molecule has 23 heavy (non-hydrogen) atoms. The third kappa shape index (κ3) is 4.99. The molecule has 0 aliphatic rings. The molecule has 0 saturated carbocycles. The van der Waals surface area contributed by atoms with Gasteiger partial charge in [-0.05, 0) is 54.8 Å². The molecule has 0 radical (unpaired) electrons.